The number of carbonyl (C=O) groups is 3. The number of carbonyl (C=O) groups excluding carboxylic acids is 3. The molecule has 0 aliphatic carbocycles. The minimum Gasteiger partial charge on any atom is -0.456 e. The number of hydrogen-bond donors (Lipinski definition) is 1. The maximum atomic E-state index is 11.3. The average molecular weight is 330 g/mol. The van der Waals surface area contributed by atoms with E-state index in [1.54, 1.807) is 0 Å². The first kappa shape index (κ1) is 18.7. The molecule has 23 heavy (non-hydrogen) atoms. The van der Waals surface area contributed by atoms with E-state index in [4.69, 9.17) is 24.5 Å². The summed E-state index contributed by atoms with van der Waals surface area (Å²) >= 11 is 0. The third-order valence-corrected chi connectivity index (χ3v) is 2.77. The molecule has 1 saturated heterocycles. The Hall–Kier alpha value is -2.36. The van der Waals surface area contributed by atoms with Crippen LogP contribution in [0.4, 0.5) is 0 Å². The van der Waals surface area contributed by atoms with Crippen molar-refractivity contribution in [3.05, 3.63) is 17.0 Å². The largest absolute Gasteiger partial charge is 0.456 e. The predicted octanol–water partition coefficient (Wildman–Crippen LogP) is 0.351. The van der Waals surface area contributed by atoms with E-state index in [0.717, 1.165) is 20.8 Å². The number of aliphatic hydroxyl groups is 1. The standard InChI is InChI=1S/C12H16N3O8/c1-5(17)20-9-8(4-16)23-12(14-15-13)11(22-7(3)19)10(9)21-6(2)18/h4,8-12,16H,1-3H3/t8-,9-,10+,11-,12-/m1/s1. The lowest BCUT2D eigenvalue weighted by atomic mass is 9.97. The van der Waals surface area contributed by atoms with Crippen molar-refractivity contribution in [2.45, 2.75) is 51.4 Å². The molecule has 1 radical (unpaired) electrons. The van der Waals surface area contributed by atoms with Gasteiger partial charge in [-0.2, -0.15) is 0 Å². The molecule has 1 N–H and O–H groups in total. The smallest absolute Gasteiger partial charge is 0.303 e. The van der Waals surface area contributed by atoms with Gasteiger partial charge in [0, 0.05) is 25.7 Å². The molecule has 0 saturated carbocycles. The van der Waals surface area contributed by atoms with Gasteiger partial charge in [-0.1, -0.05) is 5.11 Å². The molecule has 1 rings (SSSR count). The number of ether oxygens (including phenoxy) is 4. The van der Waals surface area contributed by atoms with Crippen LogP contribution in [0.2, 0.25) is 0 Å². The summed E-state index contributed by atoms with van der Waals surface area (Å²) in [5, 5.41) is 12.6. The van der Waals surface area contributed by atoms with E-state index in [-0.39, 0.29) is 0 Å². The van der Waals surface area contributed by atoms with Gasteiger partial charge in [0.1, 0.15) is 12.7 Å². The van der Waals surface area contributed by atoms with Crippen LogP contribution >= 0.6 is 0 Å². The Labute approximate surface area is 131 Å². The minimum absolute atomic E-state index is 0.550. The molecule has 1 heterocycles. The van der Waals surface area contributed by atoms with Gasteiger partial charge in [-0.05, 0) is 5.53 Å². The summed E-state index contributed by atoms with van der Waals surface area (Å²) in [4.78, 5) is 36.4. The Kier molecular flexibility index (Phi) is 6.76. The summed E-state index contributed by atoms with van der Waals surface area (Å²) in [5.74, 6) is -2.27. The normalized spacial score (nSPS) is 29.8. The second kappa shape index (κ2) is 8.32. The third-order valence-electron chi connectivity index (χ3n) is 2.77. The first-order chi connectivity index (χ1) is 10.8. The Morgan fingerprint density at radius 1 is 1.04 bits per heavy atom. The van der Waals surface area contributed by atoms with Gasteiger partial charge in [0.15, 0.2) is 24.5 Å². The van der Waals surface area contributed by atoms with E-state index in [0.29, 0.717) is 6.61 Å². The van der Waals surface area contributed by atoms with Crippen molar-refractivity contribution in [3.8, 4) is 0 Å². The van der Waals surface area contributed by atoms with Gasteiger partial charge in [0.25, 0.3) is 0 Å². The fourth-order valence-corrected chi connectivity index (χ4v) is 2.08. The van der Waals surface area contributed by atoms with Crippen LogP contribution in [0.25, 0.3) is 10.4 Å². The van der Waals surface area contributed by atoms with Crippen molar-refractivity contribution in [2.75, 3.05) is 0 Å². The summed E-state index contributed by atoms with van der Waals surface area (Å²) in [7, 11) is 0. The zero-order chi connectivity index (χ0) is 17.6. The van der Waals surface area contributed by atoms with E-state index < -0.39 is 48.6 Å². The number of hydrogen-bond acceptors (Lipinski definition) is 9. The lowest BCUT2D eigenvalue weighted by Crippen LogP contribution is -2.60. The maximum absolute atomic E-state index is 11.3. The maximum Gasteiger partial charge on any atom is 0.303 e. The Morgan fingerprint density at radius 2 is 1.52 bits per heavy atom. The molecule has 0 aromatic heterocycles. The molecule has 11 heteroatoms. The van der Waals surface area contributed by atoms with Crippen LogP contribution in [-0.4, -0.2) is 53.7 Å². The molecular formula is C12H16N3O8. The highest BCUT2D eigenvalue weighted by Gasteiger charge is 2.51. The van der Waals surface area contributed by atoms with Crippen molar-refractivity contribution >= 4 is 17.9 Å². The summed E-state index contributed by atoms with van der Waals surface area (Å²) in [6.07, 6.45) is -6.64. The summed E-state index contributed by atoms with van der Waals surface area (Å²) in [6.45, 7) is 3.82. The third kappa shape index (κ3) is 5.09. The van der Waals surface area contributed by atoms with Crippen LogP contribution in [-0.2, 0) is 33.3 Å². The van der Waals surface area contributed by atoms with Crippen LogP contribution in [0.5, 0.6) is 0 Å². The van der Waals surface area contributed by atoms with Crippen molar-refractivity contribution in [3.63, 3.8) is 0 Å². The van der Waals surface area contributed by atoms with Gasteiger partial charge < -0.3 is 24.1 Å². The predicted molar refractivity (Wildman–Crippen MR) is 70.7 cm³/mol. The van der Waals surface area contributed by atoms with Gasteiger partial charge in [-0.25, -0.2) is 0 Å². The van der Waals surface area contributed by atoms with Crippen LogP contribution in [0.1, 0.15) is 20.8 Å². The Balaban J connectivity index is 3.24. The summed E-state index contributed by atoms with van der Waals surface area (Å²) < 4.78 is 20.3. The van der Waals surface area contributed by atoms with Gasteiger partial charge in [0.2, 0.25) is 0 Å². The van der Waals surface area contributed by atoms with E-state index >= 15 is 0 Å². The zero-order valence-corrected chi connectivity index (χ0v) is 12.6. The Bertz CT molecular complexity index is 518. The van der Waals surface area contributed by atoms with Crippen LogP contribution in [0.15, 0.2) is 5.11 Å². The van der Waals surface area contributed by atoms with Gasteiger partial charge >= 0.3 is 17.9 Å². The molecule has 11 nitrogen and oxygen atoms in total. The van der Waals surface area contributed by atoms with E-state index in [2.05, 4.69) is 10.0 Å². The topological polar surface area (TPSA) is 157 Å². The number of azide groups is 1. The number of aliphatic hydroxyl groups excluding tert-OH is 1. The highest BCUT2D eigenvalue weighted by atomic mass is 16.7. The molecule has 127 valence electrons. The second-order valence-electron chi connectivity index (χ2n) is 4.57. The summed E-state index contributed by atoms with van der Waals surface area (Å²) in [5.41, 5.74) is 8.58. The lowest BCUT2D eigenvalue weighted by Gasteiger charge is -2.42. The minimum atomic E-state index is -1.39. The lowest BCUT2D eigenvalue weighted by molar-refractivity contribution is -0.244. The monoisotopic (exact) mass is 330 g/mol. The molecular weight excluding hydrogens is 314 g/mol. The quantitative estimate of drug-likeness (QED) is 0.249. The fraction of sp³-hybridized carbons (Fsp3) is 0.667. The summed E-state index contributed by atoms with van der Waals surface area (Å²) in [6, 6.07) is 0. The molecule has 1 fully saturated rings. The van der Waals surface area contributed by atoms with Crippen LogP contribution in [0.3, 0.4) is 0 Å². The van der Waals surface area contributed by atoms with Crippen LogP contribution < -0.4 is 0 Å². The second-order valence-corrected chi connectivity index (χ2v) is 4.57. The molecule has 0 aromatic carbocycles. The molecule has 0 unspecified atom stereocenters. The molecule has 0 aromatic rings. The van der Waals surface area contributed by atoms with Crippen molar-refractivity contribution < 1.29 is 38.4 Å². The molecule has 1 aliphatic rings. The molecule has 0 bridgehead atoms. The average Bonchev–Trinajstić information content (AvgIpc) is 2.43. The van der Waals surface area contributed by atoms with Crippen molar-refractivity contribution in [1.82, 2.24) is 0 Å². The first-order valence-electron chi connectivity index (χ1n) is 6.49. The van der Waals surface area contributed by atoms with E-state index in [1.807, 2.05) is 0 Å². The fourth-order valence-electron chi connectivity index (χ4n) is 2.08. The molecule has 0 amide bonds. The zero-order valence-electron chi connectivity index (χ0n) is 12.6. The van der Waals surface area contributed by atoms with Crippen LogP contribution in [0, 0.1) is 6.61 Å². The van der Waals surface area contributed by atoms with Crippen molar-refractivity contribution in [1.29, 1.82) is 0 Å². The highest BCUT2D eigenvalue weighted by Crippen LogP contribution is 2.30. The number of esters is 3. The molecule has 0 spiro atoms. The van der Waals surface area contributed by atoms with Gasteiger partial charge in [-0.15, -0.1) is 0 Å². The van der Waals surface area contributed by atoms with Crippen molar-refractivity contribution in [2.24, 2.45) is 5.11 Å². The number of nitrogens with zero attached hydrogens (tertiary/aromatic N) is 3. The Morgan fingerprint density at radius 3 is 1.96 bits per heavy atom. The number of rotatable bonds is 5. The van der Waals surface area contributed by atoms with Gasteiger partial charge in [0.05, 0.1) is 0 Å². The SMILES string of the molecule is CC(=O)O[C@@H]1[C@@H](OC(C)=O)[C@H](N=[N+]=[N-])O[C@H]([CH]O)[C@H]1OC(C)=O. The molecule has 1 aliphatic heterocycles. The molecule has 5 atom stereocenters. The first-order valence-corrected chi connectivity index (χ1v) is 6.49. The van der Waals surface area contributed by atoms with Gasteiger partial charge in [-0.3, -0.25) is 14.4 Å². The van der Waals surface area contributed by atoms with E-state index in [9.17, 15) is 19.5 Å². The highest BCUT2D eigenvalue weighted by molar-refractivity contribution is 5.68. The van der Waals surface area contributed by atoms with E-state index in [1.165, 1.54) is 0 Å².